The molecule has 0 aliphatic carbocycles. The summed E-state index contributed by atoms with van der Waals surface area (Å²) in [6, 6.07) is 5.65. The zero-order valence-corrected chi connectivity index (χ0v) is 17.7. The minimum absolute atomic E-state index is 0.00983. The number of carbonyl (C=O) groups excluding carboxylic acids is 2. The maximum atomic E-state index is 13.0. The van der Waals surface area contributed by atoms with Crippen molar-refractivity contribution in [2.24, 2.45) is 11.7 Å². The molecule has 0 bridgehead atoms. The molecule has 4 rings (SSSR count). The molecule has 0 radical (unpaired) electrons. The van der Waals surface area contributed by atoms with E-state index in [9.17, 15) is 22.8 Å². The van der Waals surface area contributed by atoms with Crippen molar-refractivity contribution in [3.8, 4) is 0 Å². The fourth-order valence-corrected chi connectivity index (χ4v) is 3.81. The number of piperidine rings is 1. The summed E-state index contributed by atoms with van der Waals surface area (Å²) in [6.45, 7) is 1.71. The van der Waals surface area contributed by atoms with Gasteiger partial charge < -0.3 is 20.9 Å². The fourth-order valence-electron chi connectivity index (χ4n) is 3.81. The molecule has 1 aliphatic heterocycles. The van der Waals surface area contributed by atoms with Gasteiger partial charge in [0.15, 0.2) is 5.92 Å². The van der Waals surface area contributed by atoms with Crippen molar-refractivity contribution in [1.29, 1.82) is 0 Å². The Kier molecular flexibility index (Phi) is 6.02. The van der Waals surface area contributed by atoms with Crippen LogP contribution in [0.2, 0.25) is 0 Å². The standard InChI is InChI=1S/C21H22F3N7O2/c1-31-8-5-11(6-9-31)20(33)27-12-2-3-13-14(10-12)29-19(28-13)16(17(25)32)18-26-7-4-15(30-18)21(22,23)24/h2-4,7,10-11,16H,5-6,8-9H2,1H3,(H2,25,32)(H,27,33)(H,28,29). The number of fused-ring (bicyclic) bond motifs is 1. The number of rotatable bonds is 5. The Bertz CT molecular complexity index is 1190. The quantitative estimate of drug-likeness (QED) is 0.535. The van der Waals surface area contributed by atoms with Crippen LogP contribution in [0.3, 0.4) is 0 Å². The average molecular weight is 461 g/mol. The van der Waals surface area contributed by atoms with Crippen LogP contribution in [0.25, 0.3) is 11.0 Å². The van der Waals surface area contributed by atoms with Crippen molar-refractivity contribution in [1.82, 2.24) is 24.8 Å². The Labute approximate surface area is 186 Å². The highest BCUT2D eigenvalue weighted by Crippen LogP contribution is 2.30. The van der Waals surface area contributed by atoms with Gasteiger partial charge in [-0.15, -0.1) is 0 Å². The van der Waals surface area contributed by atoms with E-state index in [1.54, 1.807) is 18.2 Å². The van der Waals surface area contributed by atoms with Gasteiger partial charge in [-0.05, 0) is 57.2 Å². The smallest absolute Gasteiger partial charge is 0.369 e. The van der Waals surface area contributed by atoms with Gasteiger partial charge in [0.25, 0.3) is 0 Å². The van der Waals surface area contributed by atoms with Crippen molar-refractivity contribution in [3.63, 3.8) is 0 Å². The lowest BCUT2D eigenvalue weighted by Crippen LogP contribution is -2.35. The van der Waals surface area contributed by atoms with E-state index in [1.807, 2.05) is 7.05 Å². The molecule has 0 spiro atoms. The van der Waals surface area contributed by atoms with Crippen molar-refractivity contribution < 1.29 is 22.8 Å². The molecule has 1 saturated heterocycles. The molecule has 3 aromatic rings. The lowest BCUT2D eigenvalue weighted by Gasteiger charge is -2.28. The highest BCUT2D eigenvalue weighted by molar-refractivity contribution is 5.94. The van der Waals surface area contributed by atoms with Crippen LogP contribution in [0.5, 0.6) is 0 Å². The van der Waals surface area contributed by atoms with Gasteiger partial charge in [-0.25, -0.2) is 15.0 Å². The van der Waals surface area contributed by atoms with Crippen LogP contribution in [0, 0.1) is 5.92 Å². The Balaban J connectivity index is 1.59. The first-order valence-electron chi connectivity index (χ1n) is 10.3. The second-order valence-electron chi connectivity index (χ2n) is 8.05. The predicted molar refractivity (Wildman–Crippen MR) is 113 cm³/mol. The normalized spacial score (nSPS) is 16.6. The van der Waals surface area contributed by atoms with Gasteiger partial charge in [0, 0.05) is 17.8 Å². The molecule has 174 valence electrons. The predicted octanol–water partition coefficient (Wildman–Crippen LogP) is 2.27. The molecule has 1 atom stereocenters. The van der Waals surface area contributed by atoms with Crippen LogP contribution in [0.1, 0.15) is 36.1 Å². The molecule has 0 saturated carbocycles. The first-order valence-corrected chi connectivity index (χ1v) is 10.3. The van der Waals surface area contributed by atoms with E-state index in [0.29, 0.717) is 22.8 Å². The number of H-pyrrole nitrogens is 1. The zero-order chi connectivity index (χ0) is 23.8. The van der Waals surface area contributed by atoms with Crippen LogP contribution >= 0.6 is 0 Å². The Morgan fingerprint density at radius 2 is 1.94 bits per heavy atom. The van der Waals surface area contributed by atoms with Gasteiger partial charge in [0.1, 0.15) is 17.3 Å². The summed E-state index contributed by atoms with van der Waals surface area (Å²) in [4.78, 5) is 41.3. The van der Waals surface area contributed by atoms with Crippen LogP contribution in [0.4, 0.5) is 18.9 Å². The number of nitrogens with one attached hydrogen (secondary N) is 2. The van der Waals surface area contributed by atoms with Gasteiger partial charge in [-0.3, -0.25) is 9.59 Å². The third kappa shape index (κ3) is 4.95. The van der Waals surface area contributed by atoms with E-state index in [1.165, 1.54) is 0 Å². The summed E-state index contributed by atoms with van der Waals surface area (Å²) >= 11 is 0. The minimum atomic E-state index is -4.70. The highest BCUT2D eigenvalue weighted by Gasteiger charge is 2.35. The van der Waals surface area contributed by atoms with Crippen molar-refractivity contribution in [2.75, 3.05) is 25.5 Å². The number of amides is 2. The number of likely N-dealkylation sites (tertiary alicyclic amines) is 1. The van der Waals surface area contributed by atoms with Crippen LogP contribution in [0.15, 0.2) is 30.5 Å². The van der Waals surface area contributed by atoms with E-state index in [-0.39, 0.29) is 17.6 Å². The number of hydrogen-bond acceptors (Lipinski definition) is 6. The van der Waals surface area contributed by atoms with Crippen molar-refractivity contribution >= 4 is 28.5 Å². The van der Waals surface area contributed by atoms with Gasteiger partial charge in [-0.2, -0.15) is 13.2 Å². The zero-order valence-electron chi connectivity index (χ0n) is 17.7. The molecule has 1 aromatic carbocycles. The van der Waals surface area contributed by atoms with Crippen LogP contribution in [-0.2, 0) is 15.8 Å². The molecule has 1 unspecified atom stereocenters. The summed E-state index contributed by atoms with van der Waals surface area (Å²) < 4.78 is 39.1. The number of nitrogens with two attached hydrogens (primary N) is 1. The summed E-state index contributed by atoms with van der Waals surface area (Å²) in [7, 11) is 2.02. The summed E-state index contributed by atoms with van der Waals surface area (Å²) in [5, 5.41) is 2.89. The van der Waals surface area contributed by atoms with Crippen LogP contribution < -0.4 is 11.1 Å². The van der Waals surface area contributed by atoms with Gasteiger partial charge in [-0.1, -0.05) is 0 Å². The number of imidazole rings is 1. The minimum Gasteiger partial charge on any atom is -0.369 e. The summed E-state index contributed by atoms with van der Waals surface area (Å²) in [5.41, 5.74) is 5.72. The average Bonchev–Trinajstić information content (AvgIpc) is 3.16. The molecule has 1 aliphatic rings. The van der Waals surface area contributed by atoms with Crippen molar-refractivity contribution in [3.05, 3.63) is 47.8 Å². The maximum Gasteiger partial charge on any atom is 0.433 e. The first kappa shape index (κ1) is 22.6. The maximum absolute atomic E-state index is 13.0. The Morgan fingerprint density at radius 1 is 1.21 bits per heavy atom. The molecule has 1 fully saturated rings. The number of carbonyl (C=O) groups is 2. The largest absolute Gasteiger partial charge is 0.433 e. The number of alkyl halides is 3. The Hall–Kier alpha value is -3.54. The van der Waals surface area contributed by atoms with E-state index in [4.69, 9.17) is 5.73 Å². The molecule has 2 amide bonds. The molecule has 33 heavy (non-hydrogen) atoms. The van der Waals surface area contributed by atoms with Gasteiger partial charge in [0.05, 0.1) is 11.0 Å². The molecular formula is C21H22F3N7O2. The number of aromatic amines is 1. The molecule has 2 aromatic heterocycles. The number of aromatic nitrogens is 4. The van der Waals surface area contributed by atoms with Gasteiger partial charge in [0.2, 0.25) is 11.8 Å². The molecule has 12 heteroatoms. The number of primary amides is 1. The molecular weight excluding hydrogens is 439 g/mol. The van der Waals surface area contributed by atoms with E-state index >= 15 is 0 Å². The molecule has 4 N–H and O–H groups in total. The summed E-state index contributed by atoms with van der Waals surface area (Å²) in [5.74, 6) is -2.91. The van der Waals surface area contributed by atoms with E-state index in [0.717, 1.165) is 32.1 Å². The Morgan fingerprint density at radius 3 is 2.61 bits per heavy atom. The fraction of sp³-hybridized carbons (Fsp3) is 0.381. The lowest BCUT2D eigenvalue weighted by molar-refractivity contribution is -0.141. The third-order valence-corrected chi connectivity index (χ3v) is 5.64. The van der Waals surface area contributed by atoms with Gasteiger partial charge >= 0.3 is 6.18 Å². The summed E-state index contributed by atoms with van der Waals surface area (Å²) in [6.07, 6.45) is -2.23. The number of anilines is 1. The second-order valence-corrected chi connectivity index (χ2v) is 8.05. The molecule has 9 nitrogen and oxygen atoms in total. The number of nitrogens with zero attached hydrogens (tertiary/aromatic N) is 4. The van der Waals surface area contributed by atoms with E-state index < -0.39 is 29.5 Å². The number of halogens is 3. The first-order chi connectivity index (χ1) is 15.6. The molecule has 3 heterocycles. The third-order valence-electron chi connectivity index (χ3n) is 5.64. The van der Waals surface area contributed by atoms with E-state index in [2.05, 4.69) is 30.2 Å². The monoisotopic (exact) mass is 461 g/mol. The van der Waals surface area contributed by atoms with Crippen LogP contribution in [-0.4, -0.2) is 56.8 Å². The number of benzene rings is 1. The lowest BCUT2D eigenvalue weighted by atomic mass is 9.96. The topological polar surface area (TPSA) is 130 Å². The highest BCUT2D eigenvalue weighted by atomic mass is 19.4. The number of hydrogen-bond donors (Lipinski definition) is 3. The van der Waals surface area contributed by atoms with Crippen molar-refractivity contribution in [2.45, 2.75) is 24.9 Å². The second kappa shape index (κ2) is 8.77. The SMILES string of the molecule is CN1CCC(C(=O)Nc2ccc3nc(C(C(N)=O)c4nccc(C(F)(F)F)n4)[nH]c3c2)CC1.